The summed E-state index contributed by atoms with van der Waals surface area (Å²) in [6.07, 6.45) is 7.20. The SMILES string of the molecule is COCC(C)N(C)c1ncc2c(-c3ccnc(C)c3)cc([C@H]3CC[C@H](O)CC3)n2n1. The third kappa shape index (κ3) is 4.04. The average Bonchev–Trinajstić information content (AvgIpc) is 3.13. The Morgan fingerprint density at radius 3 is 2.70 bits per heavy atom. The molecule has 4 rings (SSSR count). The highest BCUT2D eigenvalue weighted by Crippen LogP contribution is 2.37. The summed E-state index contributed by atoms with van der Waals surface area (Å²) in [5.41, 5.74) is 5.43. The normalized spacial score (nSPS) is 20.4. The minimum atomic E-state index is -0.180. The summed E-state index contributed by atoms with van der Waals surface area (Å²) in [6, 6.07) is 6.56. The number of aryl methyl sites for hydroxylation is 1. The van der Waals surface area contributed by atoms with Crippen LogP contribution in [-0.2, 0) is 4.74 Å². The van der Waals surface area contributed by atoms with E-state index in [9.17, 15) is 5.11 Å². The van der Waals surface area contributed by atoms with Gasteiger partial charge < -0.3 is 14.7 Å². The van der Waals surface area contributed by atoms with Gasteiger partial charge in [0.25, 0.3) is 0 Å². The molecule has 3 aromatic rings. The van der Waals surface area contributed by atoms with Gasteiger partial charge in [-0.2, -0.15) is 0 Å². The number of hydrogen-bond acceptors (Lipinski definition) is 6. The summed E-state index contributed by atoms with van der Waals surface area (Å²) in [4.78, 5) is 11.1. The molecule has 0 spiro atoms. The van der Waals surface area contributed by atoms with E-state index in [0.717, 1.165) is 48.0 Å². The fourth-order valence-electron chi connectivity index (χ4n) is 4.32. The molecule has 1 saturated carbocycles. The van der Waals surface area contributed by atoms with Crippen LogP contribution in [0.3, 0.4) is 0 Å². The first-order valence-corrected chi connectivity index (χ1v) is 10.7. The maximum Gasteiger partial charge on any atom is 0.243 e. The fraction of sp³-hybridized carbons (Fsp3) is 0.522. The molecule has 1 unspecified atom stereocenters. The molecule has 7 heteroatoms. The van der Waals surface area contributed by atoms with Crippen molar-refractivity contribution in [1.29, 1.82) is 0 Å². The number of methoxy groups -OCH3 is 1. The van der Waals surface area contributed by atoms with Crippen LogP contribution in [0.25, 0.3) is 16.6 Å². The maximum atomic E-state index is 9.97. The molecule has 160 valence electrons. The number of aromatic nitrogens is 4. The van der Waals surface area contributed by atoms with Crippen molar-refractivity contribution in [2.75, 3.05) is 25.7 Å². The number of hydrogen-bond donors (Lipinski definition) is 1. The monoisotopic (exact) mass is 409 g/mol. The lowest BCUT2D eigenvalue weighted by Gasteiger charge is -2.26. The summed E-state index contributed by atoms with van der Waals surface area (Å²) in [6.45, 7) is 4.71. The molecule has 1 aliphatic rings. The van der Waals surface area contributed by atoms with Crippen LogP contribution in [0.15, 0.2) is 30.6 Å². The number of nitrogens with zero attached hydrogens (tertiary/aromatic N) is 5. The van der Waals surface area contributed by atoms with Crippen molar-refractivity contribution in [3.05, 3.63) is 42.0 Å². The summed E-state index contributed by atoms with van der Waals surface area (Å²) < 4.78 is 7.36. The van der Waals surface area contributed by atoms with Crippen LogP contribution in [0.2, 0.25) is 0 Å². The standard InChI is InChI=1S/C23H31N5O2/c1-15-11-18(9-10-24-15)20-12-21(17-5-7-19(29)8-6-17)28-22(20)13-25-23(26-28)27(3)16(2)14-30-4/h9-13,16-17,19,29H,5-8,14H2,1-4H3/t16?,17-,19-. The van der Waals surface area contributed by atoms with E-state index in [0.29, 0.717) is 18.5 Å². The van der Waals surface area contributed by atoms with Gasteiger partial charge in [0.05, 0.1) is 30.5 Å². The minimum absolute atomic E-state index is 0.165. The first-order valence-electron chi connectivity index (χ1n) is 10.7. The van der Waals surface area contributed by atoms with Gasteiger partial charge in [0.15, 0.2) is 0 Å². The lowest BCUT2D eigenvalue weighted by atomic mass is 9.85. The first-order chi connectivity index (χ1) is 14.5. The number of pyridine rings is 1. The molecule has 0 saturated heterocycles. The molecule has 1 fully saturated rings. The Labute approximate surface area is 177 Å². The number of rotatable bonds is 6. The van der Waals surface area contributed by atoms with Gasteiger partial charge in [-0.05, 0) is 63.3 Å². The Hall–Kier alpha value is -2.51. The average molecular weight is 410 g/mol. The Morgan fingerprint density at radius 1 is 1.23 bits per heavy atom. The highest BCUT2D eigenvalue weighted by molar-refractivity contribution is 5.81. The van der Waals surface area contributed by atoms with Gasteiger partial charge in [-0.1, -0.05) is 0 Å². The lowest BCUT2D eigenvalue weighted by molar-refractivity contribution is 0.121. The zero-order chi connectivity index (χ0) is 21.3. The number of fused-ring (bicyclic) bond motifs is 1. The van der Waals surface area contributed by atoms with E-state index < -0.39 is 0 Å². The van der Waals surface area contributed by atoms with Crippen molar-refractivity contribution in [2.45, 2.75) is 57.6 Å². The highest BCUT2D eigenvalue weighted by atomic mass is 16.5. The van der Waals surface area contributed by atoms with Crippen molar-refractivity contribution in [2.24, 2.45) is 0 Å². The molecule has 30 heavy (non-hydrogen) atoms. The second-order valence-electron chi connectivity index (χ2n) is 8.44. The molecule has 1 aliphatic carbocycles. The molecule has 0 bridgehead atoms. The minimum Gasteiger partial charge on any atom is -0.393 e. The molecule has 7 nitrogen and oxygen atoms in total. The van der Waals surface area contributed by atoms with E-state index in [1.165, 1.54) is 5.69 Å². The van der Waals surface area contributed by atoms with Crippen LogP contribution in [0.1, 0.15) is 49.9 Å². The van der Waals surface area contributed by atoms with E-state index in [1.54, 1.807) is 7.11 Å². The van der Waals surface area contributed by atoms with Gasteiger partial charge in [0.2, 0.25) is 5.95 Å². The third-order valence-corrected chi connectivity index (χ3v) is 6.24. The molecule has 0 aromatic carbocycles. The second kappa shape index (κ2) is 8.70. The molecule has 3 aromatic heterocycles. The Kier molecular flexibility index (Phi) is 6.01. The van der Waals surface area contributed by atoms with Crippen LogP contribution < -0.4 is 4.90 Å². The van der Waals surface area contributed by atoms with Crippen LogP contribution in [-0.4, -0.2) is 57.6 Å². The van der Waals surface area contributed by atoms with Gasteiger partial charge >= 0.3 is 0 Å². The number of likely N-dealkylation sites (N-methyl/N-ethyl adjacent to an activating group) is 1. The number of ether oxygens (including phenoxy) is 1. The Balaban J connectivity index is 1.81. The van der Waals surface area contributed by atoms with E-state index in [-0.39, 0.29) is 12.1 Å². The molecule has 1 atom stereocenters. The number of aliphatic hydroxyl groups excluding tert-OH is 1. The van der Waals surface area contributed by atoms with E-state index >= 15 is 0 Å². The predicted octanol–water partition coefficient (Wildman–Crippen LogP) is 3.59. The second-order valence-corrected chi connectivity index (χ2v) is 8.44. The summed E-state index contributed by atoms with van der Waals surface area (Å²) in [5, 5.41) is 14.9. The molecule has 1 N–H and O–H groups in total. The van der Waals surface area contributed by atoms with Crippen molar-refractivity contribution in [3.63, 3.8) is 0 Å². The van der Waals surface area contributed by atoms with E-state index in [1.807, 2.05) is 37.3 Å². The fourth-order valence-corrected chi connectivity index (χ4v) is 4.32. The molecule has 0 amide bonds. The number of aliphatic hydroxyl groups is 1. The molecule has 0 aliphatic heterocycles. The quantitative estimate of drug-likeness (QED) is 0.671. The molecule has 3 heterocycles. The van der Waals surface area contributed by atoms with E-state index in [2.05, 4.69) is 33.5 Å². The third-order valence-electron chi connectivity index (χ3n) is 6.24. The van der Waals surface area contributed by atoms with Crippen LogP contribution >= 0.6 is 0 Å². The molecular formula is C23H31N5O2. The Bertz CT molecular complexity index is 1010. The van der Waals surface area contributed by atoms with Gasteiger partial charge in [-0.3, -0.25) is 4.98 Å². The highest BCUT2D eigenvalue weighted by Gasteiger charge is 2.26. The van der Waals surface area contributed by atoms with Crippen LogP contribution in [0.5, 0.6) is 0 Å². The summed E-state index contributed by atoms with van der Waals surface area (Å²) in [7, 11) is 3.71. The molecule has 0 radical (unpaired) electrons. The van der Waals surface area contributed by atoms with Gasteiger partial charge in [-0.25, -0.2) is 9.50 Å². The maximum absolute atomic E-state index is 9.97. The van der Waals surface area contributed by atoms with Gasteiger partial charge in [0, 0.05) is 43.2 Å². The van der Waals surface area contributed by atoms with Crippen LogP contribution in [0, 0.1) is 6.92 Å². The lowest BCUT2D eigenvalue weighted by Crippen LogP contribution is -2.34. The van der Waals surface area contributed by atoms with Crippen LogP contribution in [0.4, 0.5) is 5.95 Å². The van der Waals surface area contributed by atoms with Crippen molar-refractivity contribution in [3.8, 4) is 11.1 Å². The summed E-state index contributed by atoms with van der Waals surface area (Å²) >= 11 is 0. The van der Waals surface area contributed by atoms with Gasteiger partial charge in [-0.15, -0.1) is 5.10 Å². The smallest absolute Gasteiger partial charge is 0.243 e. The molecular weight excluding hydrogens is 378 g/mol. The van der Waals surface area contributed by atoms with Crippen molar-refractivity contribution < 1.29 is 9.84 Å². The zero-order valence-corrected chi connectivity index (χ0v) is 18.2. The number of anilines is 1. The van der Waals surface area contributed by atoms with Gasteiger partial charge in [0.1, 0.15) is 0 Å². The van der Waals surface area contributed by atoms with Crippen molar-refractivity contribution >= 4 is 11.5 Å². The first kappa shape index (κ1) is 20.8. The van der Waals surface area contributed by atoms with Crippen molar-refractivity contribution in [1.82, 2.24) is 19.6 Å². The summed E-state index contributed by atoms with van der Waals surface area (Å²) in [5.74, 6) is 1.05. The Morgan fingerprint density at radius 2 is 2.00 bits per heavy atom. The topological polar surface area (TPSA) is 75.8 Å². The van der Waals surface area contributed by atoms with E-state index in [4.69, 9.17) is 9.84 Å². The largest absolute Gasteiger partial charge is 0.393 e. The predicted molar refractivity (Wildman–Crippen MR) is 118 cm³/mol. The zero-order valence-electron chi connectivity index (χ0n) is 18.2.